The second-order valence-electron chi connectivity index (χ2n) is 5.53. The summed E-state index contributed by atoms with van der Waals surface area (Å²) in [5.74, 6) is -0.729. The second-order valence-corrected chi connectivity index (χ2v) is 5.53. The van der Waals surface area contributed by atoms with Crippen LogP contribution in [-0.2, 0) is 16.1 Å². The van der Waals surface area contributed by atoms with E-state index in [-0.39, 0.29) is 29.8 Å². The van der Waals surface area contributed by atoms with E-state index in [4.69, 9.17) is 0 Å². The van der Waals surface area contributed by atoms with E-state index >= 15 is 0 Å². The maximum atomic E-state index is 12.4. The van der Waals surface area contributed by atoms with Gasteiger partial charge in [-0.05, 0) is 36.8 Å². The lowest BCUT2D eigenvalue weighted by Gasteiger charge is -2.15. The molecule has 0 unspecified atom stereocenters. The van der Waals surface area contributed by atoms with Gasteiger partial charge in [-0.15, -0.1) is 0 Å². The number of hydrogen-bond acceptors (Lipinski definition) is 4. The van der Waals surface area contributed by atoms with E-state index < -0.39 is 0 Å². The van der Waals surface area contributed by atoms with Crippen molar-refractivity contribution in [3.05, 3.63) is 77.5 Å². The van der Waals surface area contributed by atoms with Gasteiger partial charge in [-0.3, -0.25) is 19.3 Å². The molecule has 0 atom stereocenters. The minimum Gasteiger partial charge on any atom is -0.351 e. The van der Waals surface area contributed by atoms with E-state index in [1.54, 1.807) is 24.3 Å². The Morgan fingerprint density at radius 3 is 2.29 bits per heavy atom. The summed E-state index contributed by atoms with van der Waals surface area (Å²) in [5.41, 5.74) is 2.36. The first-order chi connectivity index (χ1) is 11.5. The molecule has 2 aromatic rings. The van der Waals surface area contributed by atoms with Gasteiger partial charge in [0.25, 0.3) is 11.8 Å². The molecule has 1 N–H and O–H groups in total. The predicted molar refractivity (Wildman–Crippen MR) is 90.2 cm³/mol. The van der Waals surface area contributed by atoms with Crippen molar-refractivity contribution in [3.8, 4) is 0 Å². The first kappa shape index (κ1) is 15.7. The minimum absolute atomic E-state index is 0.0260. The zero-order valence-electron chi connectivity index (χ0n) is 13.2. The average Bonchev–Trinajstić information content (AvgIpc) is 2.84. The number of anilines is 1. The van der Waals surface area contributed by atoms with Crippen LogP contribution in [0.1, 0.15) is 22.8 Å². The number of rotatable bonds is 5. The summed E-state index contributed by atoms with van der Waals surface area (Å²) in [6.45, 7) is 1.73. The van der Waals surface area contributed by atoms with E-state index in [0.717, 1.165) is 5.56 Å². The first-order valence-electron chi connectivity index (χ1n) is 7.54. The molecule has 1 aliphatic heterocycles. The van der Waals surface area contributed by atoms with Gasteiger partial charge in [-0.1, -0.05) is 30.3 Å². The molecule has 0 radical (unpaired) electrons. The van der Waals surface area contributed by atoms with Gasteiger partial charge < -0.3 is 5.32 Å². The third kappa shape index (κ3) is 3.25. The lowest BCUT2D eigenvalue weighted by Crippen LogP contribution is -2.31. The molecular weight excluding hydrogens is 304 g/mol. The van der Waals surface area contributed by atoms with Gasteiger partial charge in [0.2, 0.25) is 0 Å². The fourth-order valence-corrected chi connectivity index (χ4v) is 2.46. The number of ketones is 1. The topological polar surface area (TPSA) is 66.5 Å². The van der Waals surface area contributed by atoms with Crippen LogP contribution in [0.2, 0.25) is 0 Å². The number of imide groups is 1. The number of carbonyl (C=O) groups is 3. The van der Waals surface area contributed by atoms with E-state index in [2.05, 4.69) is 5.32 Å². The molecule has 2 amide bonds. The summed E-state index contributed by atoms with van der Waals surface area (Å²) in [5, 5.41) is 2.94. The lowest BCUT2D eigenvalue weighted by molar-refractivity contribution is -0.137. The van der Waals surface area contributed by atoms with Crippen LogP contribution >= 0.6 is 0 Å². The Morgan fingerprint density at radius 2 is 1.67 bits per heavy atom. The Labute approximate surface area is 139 Å². The molecule has 120 valence electrons. The zero-order valence-corrected chi connectivity index (χ0v) is 13.2. The molecule has 3 rings (SSSR count). The normalized spacial score (nSPS) is 13.9. The highest BCUT2D eigenvalue weighted by atomic mass is 16.2. The number of carbonyl (C=O) groups excluding carboxylic acids is 3. The minimum atomic E-state index is -0.362. The highest BCUT2D eigenvalue weighted by Crippen LogP contribution is 2.19. The SMILES string of the molecule is CC(=O)c1ccc(NC2=CC(=O)N(Cc3ccccc3)C2=O)cc1. The summed E-state index contributed by atoms with van der Waals surface area (Å²) < 4.78 is 0. The molecule has 5 nitrogen and oxygen atoms in total. The Hall–Kier alpha value is -3.21. The number of hydrogen-bond donors (Lipinski definition) is 1. The number of amides is 2. The Balaban J connectivity index is 1.71. The Bertz CT molecular complexity index is 823. The molecule has 1 aliphatic rings. The smallest absolute Gasteiger partial charge is 0.277 e. The van der Waals surface area contributed by atoms with Gasteiger partial charge in [0, 0.05) is 17.3 Å². The molecule has 0 aliphatic carbocycles. The highest BCUT2D eigenvalue weighted by Gasteiger charge is 2.31. The van der Waals surface area contributed by atoms with Crippen molar-refractivity contribution >= 4 is 23.3 Å². The summed E-state index contributed by atoms with van der Waals surface area (Å²) in [7, 11) is 0. The van der Waals surface area contributed by atoms with Crippen LogP contribution in [0.4, 0.5) is 5.69 Å². The molecule has 5 heteroatoms. The molecule has 0 fully saturated rings. The fourth-order valence-electron chi connectivity index (χ4n) is 2.46. The Kier molecular flexibility index (Phi) is 4.24. The third-order valence-corrected chi connectivity index (χ3v) is 3.76. The van der Waals surface area contributed by atoms with E-state index in [9.17, 15) is 14.4 Å². The van der Waals surface area contributed by atoms with E-state index in [0.29, 0.717) is 11.3 Å². The van der Waals surface area contributed by atoms with Crippen molar-refractivity contribution in [2.45, 2.75) is 13.5 Å². The van der Waals surface area contributed by atoms with Gasteiger partial charge in [0.1, 0.15) is 5.70 Å². The first-order valence-corrected chi connectivity index (χ1v) is 7.54. The van der Waals surface area contributed by atoms with Crippen LogP contribution < -0.4 is 5.32 Å². The van der Waals surface area contributed by atoms with Crippen molar-refractivity contribution in [1.82, 2.24) is 4.90 Å². The van der Waals surface area contributed by atoms with Gasteiger partial charge in [-0.25, -0.2) is 0 Å². The van der Waals surface area contributed by atoms with Gasteiger partial charge >= 0.3 is 0 Å². The van der Waals surface area contributed by atoms with Crippen LogP contribution in [0.15, 0.2) is 66.4 Å². The summed E-state index contributed by atoms with van der Waals surface area (Å²) in [6.07, 6.45) is 1.30. The predicted octanol–water partition coefficient (Wildman–Crippen LogP) is 2.75. The van der Waals surface area contributed by atoms with Crippen molar-refractivity contribution < 1.29 is 14.4 Å². The molecule has 0 saturated carbocycles. The molecule has 1 heterocycles. The molecule has 0 spiro atoms. The van der Waals surface area contributed by atoms with Crippen LogP contribution in [0.5, 0.6) is 0 Å². The maximum absolute atomic E-state index is 12.4. The standard InChI is InChI=1S/C19H16N2O3/c1-13(22)15-7-9-16(10-8-15)20-17-11-18(23)21(19(17)24)12-14-5-3-2-4-6-14/h2-11,20H,12H2,1H3. The van der Waals surface area contributed by atoms with E-state index in [1.807, 2.05) is 30.3 Å². The highest BCUT2D eigenvalue weighted by molar-refractivity contribution is 6.17. The maximum Gasteiger partial charge on any atom is 0.277 e. The molecule has 0 bridgehead atoms. The lowest BCUT2D eigenvalue weighted by atomic mass is 10.1. The van der Waals surface area contributed by atoms with Crippen LogP contribution in [0.25, 0.3) is 0 Å². The number of benzene rings is 2. The average molecular weight is 320 g/mol. The monoisotopic (exact) mass is 320 g/mol. The van der Waals surface area contributed by atoms with Crippen LogP contribution in [-0.4, -0.2) is 22.5 Å². The van der Waals surface area contributed by atoms with Gasteiger partial charge in [0.15, 0.2) is 5.78 Å². The molecule has 24 heavy (non-hydrogen) atoms. The van der Waals surface area contributed by atoms with Crippen LogP contribution in [0.3, 0.4) is 0 Å². The van der Waals surface area contributed by atoms with Crippen molar-refractivity contribution in [2.75, 3.05) is 5.32 Å². The fraction of sp³-hybridized carbons (Fsp3) is 0.105. The summed E-state index contributed by atoms with van der Waals surface area (Å²) in [4.78, 5) is 37.0. The van der Waals surface area contributed by atoms with Crippen molar-refractivity contribution in [3.63, 3.8) is 0 Å². The summed E-state index contributed by atoms with van der Waals surface area (Å²) >= 11 is 0. The van der Waals surface area contributed by atoms with Crippen molar-refractivity contribution in [1.29, 1.82) is 0 Å². The number of nitrogens with zero attached hydrogens (tertiary/aromatic N) is 1. The second kappa shape index (κ2) is 6.50. The van der Waals surface area contributed by atoms with Crippen LogP contribution in [0, 0.1) is 0 Å². The zero-order chi connectivity index (χ0) is 17.1. The molecular formula is C19H16N2O3. The van der Waals surface area contributed by atoms with E-state index in [1.165, 1.54) is 17.9 Å². The Morgan fingerprint density at radius 1 is 1.00 bits per heavy atom. The largest absolute Gasteiger partial charge is 0.351 e. The third-order valence-electron chi connectivity index (χ3n) is 3.76. The number of nitrogens with one attached hydrogen (secondary N) is 1. The quantitative estimate of drug-likeness (QED) is 0.679. The molecule has 2 aromatic carbocycles. The number of Topliss-reactive ketones (excluding diaryl/α,β-unsaturated/α-hetero) is 1. The molecule has 0 aromatic heterocycles. The van der Waals surface area contributed by atoms with Gasteiger partial charge in [-0.2, -0.15) is 0 Å². The molecule has 0 saturated heterocycles. The van der Waals surface area contributed by atoms with Crippen molar-refractivity contribution in [2.24, 2.45) is 0 Å². The van der Waals surface area contributed by atoms with Gasteiger partial charge in [0.05, 0.1) is 6.54 Å². The summed E-state index contributed by atoms with van der Waals surface area (Å²) in [6, 6.07) is 16.1.